The molecule has 0 bridgehead atoms. The highest BCUT2D eigenvalue weighted by atomic mass is 19.4. The highest BCUT2D eigenvalue weighted by Crippen LogP contribution is 2.33. The number of carbonyl (C=O) groups is 1. The molecule has 0 amide bonds. The Bertz CT molecular complexity index is 605. The van der Waals surface area contributed by atoms with Crippen molar-refractivity contribution < 1.29 is 22.7 Å². The first-order chi connectivity index (χ1) is 11.3. The third kappa shape index (κ3) is 6.32. The molecule has 0 saturated heterocycles. The summed E-state index contributed by atoms with van der Waals surface area (Å²) in [6, 6.07) is 3.19. The fourth-order valence-corrected chi connectivity index (χ4v) is 1.67. The lowest BCUT2D eigenvalue weighted by atomic mass is 10.1. The minimum absolute atomic E-state index is 0.185. The van der Waals surface area contributed by atoms with Crippen LogP contribution in [0, 0.1) is 0 Å². The molecule has 0 atom stereocenters. The van der Waals surface area contributed by atoms with Crippen molar-refractivity contribution in [3.8, 4) is 0 Å². The first-order valence-corrected chi connectivity index (χ1v) is 7.33. The predicted molar refractivity (Wildman–Crippen MR) is 91.1 cm³/mol. The number of hydrogen-bond donors (Lipinski definition) is 1. The topological polar surface area (TPSA) is 38.3 Å². The summed E-state index contributed by atoms with van der Waals surface area (Å²) >= 11 is 0. The quantitative estimate of drug-likeness (QED) is 0.569. The Hall–Kier alpha value is -2.50. The number of halogens is 3. The number of ether oxygens (including phenoxy) is 1. The Balaban J connectivity index is 0.00000254. The highest BCUT2D eigenvalue weighted by molar-refractivity contribution is 5.92. The van der Waals surface area contributed by atoms with E-state index in [-0.39, 0.29) is 6.61 Å². The van der Waals surface area contributed by atoms with Gasteiger partial charge in [0.2, 0.25) is 0 Å². The molecule has 0 aromatic heterocycles. The number of hydrogen-bond acceptors (Lipinski definition) is 3. The van der Waals surface area contributed by atoms with Crippen LogP contribution < -0.4 is 5.32 Å². The van der Waals surface area contributed by atoms with E-state index in [0.29, 0.717) is 11.3 Å². The van der Waals surface area contributed by atoms with Crippen molar-refractivity contribution in [2.75, 3.05) is 19.0 Å². The fraction of sp³-hybridized carbons (Fsp3) is 0.278. The molecule has 0 unspecified atom stereocenters. The average Bonchev–Trinajstić information content (AvgIpc) is 2.58. The zero-order valence-electron chi connectivity index (χ0n) is 14.0. The van der Waals surface area contributed by atoms with Gasteiger partial charge in [0.25, 0.3) is 0 Å². The molecule has 3 nitrogen and oxygen atoms in total. The lowest BCUT2D eigenvalue weighted by molar-refractivity contribution is -0.138. The lowest BCUT2D eigenvalue weighted by Gasteiger charge is -2.14. The summed E-state index contributed by atoms with van der Waals surface area (Å²) < 4.78 is 43.8. The van der Waals surface area contributed by atoms with Gasteiger partial charge in [-0.2, -0.15) is 13.2 Å². The number of anilines is 1. The number of rotatable bonds is 6. The molecule has 0 heterocycles. The summed E-state index contributed by atoms with van der Waals surface area (Å²) in [5.41, 5.74) is -0.669. The molecule has 6 heteroatoms. The van der Waals surface area contributed by atoms with Gasteiger partial charge in [-0.15, -0.1) is 0 Å². The maximum absolute atomic E-state index is 13.0. The van der Waals surface area contributed by atoms with Crippen molar-refractivity contribution >= 4 is 11.7 Å². The molecule has 1 rings (SSSR count). The number of allylic oxidation sites excluding steroid dienone is 2. The Morgan fingerprint density at radius 3 is 2.38 bits per heavy atom. The minimum atomic E-state index is -4.64. The van der Waals surface area contributed by atoms with E-state index < -0.39 is 23.3 Å². The second kappa shape index (κ2) is 10.3. The third-order valence-corrected chi connectivity index (χ3v) is 2.80. The van der Waals surface area contributed by atoms with Gasteiger partial charge in [0, 0.05) is 12.7 Å². The van der Waals surface area contributed by atoms with E-state index in [1.165, 1.54) is 18.2 Å². The molecular formula is C18H22F3NO2. The van der Waals surface area contributed by atoms with E-state index in [2.05, 4.69) is 18.5 Å². The van der Waals surface area contributed by atoms with Gasteiger partial charge >= 0.3 is 12.1 Å². The number of alkyl halides is 3. The fourth-order valence-electron chi connectivity index (χ4n) is 1.67. The predicted octanol–water partition coefficient (Wildman–Crippen LogP) is 5.23. The largest absolute Gasteiger partial charge is 0.457 e. The van der Waals surface area contributed by atoms with E-state index in [1.54, 1.807) is 13.1 Å². The van der Waals surface area contributed by atoms with Crippen LogP contribution in [0.15, 0.2) is 55.2 Å². The molecule has 0 aliphatic carbocycles. The van der Waals surface area contributed by atoms with Crippen LogP contribution in [0.4, 0.5) is 18.9 Å². The van der Waals surface area contributed by atoms with Crippen LogP contribution in [0.2, 0.25) is 0 Å². The van der Waals surface area contributed by atoms with Gasteiger partial charge in [-0.1, -0.05) is 45.2 Å². The maximum Gasteiger partial charge on any atom is 0.417 e. The average molecular weight is 341 g/mol. The zero-order chi connectivity index (χ0) is 18.8. The van der Waals surface area contributed by atoms with Gasteiger partial charge in [0.05, 0.1) is 11.1 Å². The second-order valence-electron chi connectivity index (χ2n) is 4.27. The third-order valence-electron chi connectivity index (χ3n) is 2.80. The van der Waals surface area contributed by atoms with Crippen molar-refractivity contribution in [3.05, 3.63) is 66.3 Å². The Kier molecular flexibility index (Phi) is 9.23. The normalized spacial score (nSPS) is 11.0. The van der Waals surface area contributed by atoms with Crippen LogP contribution >= 0.6 is 0 Å². The van der Waals surface area contributed by atoms with Crippen LogP contribution in [-0.4, -0.2) is 19.6 Å². The molecule has 0 aliphatic heterocycles. The number of benzene rings is 1. The van der Waals surface area contributed by atoms with E-state index in [4.69, 9.17) is 4.74 Å². The van der Waals surface area contributed by atoms with Crippen LogP contribution in [-0.2, 0) is 10.9 Å². The van der Waals surface area contributed by atoms with E-state index >= 15 is 0 Å². The monoisotopic (exact) mass is 341 g/mol. The second-order valence-corrected chi connectivity index (χ2v) is 4.27. The number of nitrogens with one attached hydrogen (secondary N) is 1. The molecule has 0 radical (unpaired) electrons. The number of esters is 1. The highest BCUT2D eigenvalue weighted by Gasteiger charge is 2.35. The summed E-state index contributed by atoms with van der Waals surface area (Å²) in [5, 5.41) is 2.68. The SMILES string of the molecule is C=C/C=C(\C=C)COC(=O)c1cc(NC)ccc1C(F)(F)F.CC. The van der Waals surface area contributed by atoms with Crippen molar-refractivity contribution in [3.63, 3.8) is 0 Å². The van der Waals surface area contributed by atoms with Gasteiger partial charge < -0.3 is 10.1 Å². The molecule has 1 N–H and O–H groups in total. The molecular weight excluding hydrogens is 319 g/mol. The van der Waals surface area contributed by atoms with E-state index in [0.717, 1.165) is 12.1 Å². The van der Waals surface area contributed by atoms with Crippen molar-refractivity contribution in [1.82, 2.24) is 0 Å². The van der Waals surface area contributed by atoms with Gasteiger partial charge in [-0.3, -0.25) is 0 Å². The summed E-state index contributed by atoms with van der Waals surface area (Å²) in [4.78, 5) is 12.0. The maximum atomic E-state index is 13.0. The van der Waals surface area contributed by atoms with Crippen molar-refractivity contribution in [2.45, 2.75) is 20.0 Å². The molecule has 0 aliphatic rings. The first kappa shape index (κ1) is 21.5. The van der Waals surface area contributed by atoms with Crippen molar-refractivity contribution in [1.29, 1.82) is 0 Å². The standard InChI is InChI=1S/C16H16F3NO2.C2H6/c1-4-6-11(5-2)10-22-15(21)13-9-12(20-3)7-8-14(13)16(17,18)19;1-2/h4-9,20H,1-2,10H2,3H3;1-2H3/b11-6+;. The van der Waals surface area contributed by atoms with Crippen LogP contribution in [0.3, 0.4) is 0 Å². The Morgan fingerprint density at radius 1 is 1.29 bits per heavy atom. The molecule has 0 saturated carbocycles. The molecule has 24 heavy (non-hydrogen) atoms. The molecule has 0 spiro atoms. The van der Waals surface area contributed by atoms with Crippen LogP contribution in [0.1, 0.15) is 29.8 Å². The van der Waals surface area contributed by atoms with Crippen molar-refractivity contribution in [2.24, 2.45) is 0 Å². The van der Waals surface area contributed by atoms with E-state index in [9.17, 15) is 18.0 Å². The van der Waals surface area contributed by atoms with Gasteiger partial charge in [-0.25, -0.2) is 4.79 Å². The van der Waals surface area contributed by atoms with Crippen LogP contribution in [0.5, 0.6) is 0 Å². The molecule has 132 valence electrons. The van der Waals surface area contributed by atoms with Gasteiger partial charge in [-0.05, 0) is 23.8 Å². The minimum Gasteiger partial charge on any atom is -0.457 e. The lowest BCUT2D eigenvalue weighted by Crippen LogP contribution is -2.16. The number of carbonyl (C=O) groups excluding carboxylic acids is 1. The van der Waals surface area contributed by atoms with Gasteiger partial charge in [0.15, 0.2) is 0 Å². The van der Waals surface area contributed by atoms with E-state index in [1.807, 2.05) is 13.8 Å². The zero-order valence-corrected chi connectivity index (χ0v) is 14.0. The summed E-state index contributed by atoms with van der Waals surface area (Å²) in [6.45, 7) is 10.8. The Labute approximate surface area is 140 Å². The molecule has 1 aromatic rings. The summed E-state index contributed by atoms with van der Waals surface area (Å²) in [5.74, 6) is -1.05. The summed E-state index contributed by atoms with van der Waals surface area (Å²) in [6.07, 6.45) is -0.189. The molecule has 1 aromatic carbocycles. The van der Waals surface area contributed by atoms with Gasteiger partial charge in [0.1, 0.15) is 6.61 Å². The molecule has 0 fully saturated rings. The Morgan fingerprint density at radius 2 is 1.92 bits per heavy atom. The van der Waals surface area contributed by atoms with Crippen LogP contribution in [0.25, 0.3) is 0 Å². The summed E-state index contributed by atoms with van der Waals surface area (Å²) in [7, 11) is 1.54. The first-order valence-electron chi connectivity index (χ1n) is 7.33. The smallest absolute Gasteiger partial charge is 0.417 e.